The molecule has 1 aromatic carbocycles. The Hall–Kier alpha value is -1.91. The summed E-state index contributed by atoms with van der Waals surface area (Å²) in [5.74, 6) is 1.63. The molecule has 2 heterocycles. The maximum absolute atomic E-state index is 5.85. The van der Waals surface area contributed by atoms with Gasteiger partial charge in [0.1, 0.15) is 12.4 Å². The number of hydrogen-bond donors (Lipinski definition) is 2. The van der Waals surface area contributed by atoms with Gasteiger partial charge in [0.2, 0.25) is 0 Å². The van der Waals surface area contributed by atoms with Gasteiger partial charge >= 0.3 is 0 Å². The number of pyridine rings is 1. The van der Waals surface area contributed by atoms with Crippen molar-refractivity contribution in [1.82, 2.24) is 20.5 Å². The molecule has 1 aliphatic heterocycles. The van der Waals surface area contributed by atoms with Crippen molar-refractivity contribution < 1.29 is 9.47 Å². The standard InChI is InChI=1S/C21H29N5O2.HI/c1-22-21(24-9-10-26-11-13-27-14-12-26)25-16-18-5-4-7-20(15-18)28-17-19-6-2-3-8-23-19;/h2-8,15H,9-14,16-17H2,1H3,(H2,22,24,25);1H. The highest BCUT2D eigenvalue weighted by atomic mass is 127. The molecule has 1 fully saturated rings. The van der Waals surface area contributed by atoms with Crippen molar-refractivity contribution in [3.8, 4) is 5.75 Å². The summed E-state index contributed by atoms with van der Waals surface area (Å²) in [7, 11) is 1.79. The van der Waals surface area contributed by atoms with Gasteiger partial charge in [0.15, 0.2) is 5.96 Å². The Balaban J connectivity index is 0.00000300. The van der Waals surface area contributed by atoms with E-state index in [1.165, 1.54) is 0 Å². The molecule has 1 aliphatic rings. The summed E-state index contributed by atoms with van der Waals surface area (Å²) in [6.45, 7) is 6.63. The quantitative estimate of drug-likeness (QED) is 0.322. The van der Waals surface area contributed by atoms with Crippen molar-refractivity contribution >= 4 is 29.9 Å². The molecule has 0 saturated carbocycles. The third-order valence-corrected chi connectivity index (χ3v) is 4.52. The SMILES string of the molecule is CN=C(NCCN1CCOCC1)NCc1cccc(OCc2ccccn2)c1.I. The van der Waals surface area contributed by atoms with Crippen LogP contribution >= 0.6 is 24.0 Å². The zero-order valence-corrected chi connectivity index (χ0v) is 19.2. The number of nitrogens with zero attached hydrogens (tertiary/aromatic N) is 3. The molecule has 0 amide bonds. The van der Waals surface area contributed by atoms with Gasteiger partial charge in [-0.1, -0.05) is 18.2 Å². The zero-order valence-electron chi connectivity index (χ0n) is 16.8. The summed E-state index contributed by atoms with van der Waals surface area (Å²) in [4.78, 5) is 11.0. The molecule has 3 rings (SSSR count). The molecule has 29 heavy (non-hydrogen) atoms. The molecule has 8 heteroatoms. The van der Waals surface area contributed by atoms with Crippen molar-refractivity contribution in [2.75, 3.05) is 46.4 Å². The van der Waals surface area contributed by atoms with Gasteiger partial charge < -0.3 is 20.1 Å². The fraction of sp³-hybridized carbons (Fsp3) is 0.429. The van der Waals surface area contributed by atoms with E-state index in [0.29, 0.717) is 13.2 Å². The molecule has 7 nitrogen and oxygen atoms in total. The van der Waals surface area contributed by atoms with Crippen LogP contribution in [0.2, 0.25) is 0 Å². The molecule has 2 N–H and O–H groups in total. The molecule has 0 bridgehead atoms. The van der Waals surface area contributed by atoms with Crippen molar-refractivity contribution in [2.24, 2.45) is 4.99 Å². The zero-order chi connectivity index (χ0) is 19.4. The fourth-order valence-electron chi connectivity index (χ4n) is 2.95. The van der Waals surface area contributed by atoms with Gasteiger partial charge in [0.05, 0.1) is 18.9 Å². The number of morpholine rings is 1. The Morgan fingerprint density at radius 1 is 1.17 bits per heavy atom. The molecule has 2 aromatic rings. The third-order valence-electron chi connectivity index (χ3n) is 4.52. The second-order valence-electron chi connectivity index (χ2n) is 6.56. The molecule has 158 valence electrons. The largest absolute Gasteiger partial charge is 0.487 e. The van der Waals surface area contributed by atoms with Gasteiger partial charge in [-0.25, -0.2) is 0 Å². The molecular formula is C21H30IN5O2. The fourth-order valence-corrected chi connectivity index (χ4v) is 2.95. The van der Waals surface area contributed by atoms with E-state index in [2.05, 4.69) is 31.6 Å². The second kappa shape index (κ2) is 13.3. The van der Waals surface area contributed by atoms with E-state index < -0.39 is 0 Å². The third kappa shape index (κ3) is 8.55. The van der Waals surface area contributed by atoms with Gasteiger partial charge in [-0.3, -0.25) is 14.9 Å². The second-order valence-corrected chi connectivity index (χ2v) is 6.56. The average molecular weight is 511 g/mol. The molecule has 1 saturated heterocycles. The highest BCUT2D eigenvalue weighted by Gasteiger charge is 2.09. The molecule has 0 radical (unpaired) electrons. The Kier molecular flexibility index (Phi) is 10.7. The van der Waals surface area contributed by atoms with Crippen LogP contribution in [0.25, 0.3) is 0 Å². The molecule has 1 aromatic heterocycles. The minimum Gasteiger partial charge on any atom is -0.487 e. The molecule has 0 unspecified atom stereocenters. The van der Waals surface area contributed by atoms with E-state index in [0.717, 1.165) is 62.4 Å². The topological polar surface area (TPSA) is 71.0 Å². The minimum absolute atomic E-state index is 0. The van der Waals surface area contributed by atoms with E-state index in [4.69, 9.17) is 9.47 Å². The highest BCUT2D eigenvalue weighted by molar-refractivity contribution is 14.0. The van der Waals surface area contributed by atoms with Crippen LogP contribution in [0.4, 0.5) is 0 Å². The first kappa shape index (κ1) is 23.4. The summed E-state index contributed by atoms with van der Waals surface area (Å²) in [5.41, 5.74) is 2.05. The number of guanidine groups is 1. The predicted octanol–water partition coefficient (Wildman–Crippen LogP) is 2.28. The van der Waals surface area contributed by atoms with Gasteiger partial charge in [-0.15, -0.1) is 24.0 Å². The van der Waals surface area contributed by atoms with Crippen LogP contribution < -0.4 is 15.4 Å². The van der Waals surface area contributed by atoms with E-state index in [1.807, 2.05) is 36.4 Å². The lowest BCUT2D eigenvalue weighted by atomic mass is 10.2. The predicted molar refractivity (Wildman–Crippen MR) is 126 cm³/mol. The lowest BCUT2D eigenvalue weighted by Gasteiger charge is -2.26. The highest BCUT2D eigenvalue weighted by Crippen LogP contribution is 2.14. The summed E-state index contributed by atoms with van der Waals surface area (Å²) in [6, 6.07) is 13.9. The molecule has 0 atom stereocenters. The minimum atomic E-state index is 0. The number of aliphatic imine (C=N–C) groups is 1. The van der Waals surface area contributed by atoms with Gasteiger partial charge in [0, 0.05) is 46.0 Å². The van der Waals surface area contributed by atoms with Crippen LogP contribution in [0, 0.1) is 0 Å². The van der Waals surface area contributed by atoms with Crippen molar-refractivity contribution in [3.05, 3.63) is 59.9 Å². The van der Waals surface area contributed by atoms with Crippen molar-refractivity contribution in [1.29, 1.82) is 0 Å². The summed E-state index contributed by atoms with van der Waals surface area (Å²) >= 11 is 0. The number of rotatable bonds is 8. The first-order chi connectivity index (χ1) is 13.8. The number of aromatic nitrogens is 1. The van der Waals surface area contributed by atoms with Crippen LogP contribution in [0.3, 0.4) is 0 Å². The molecular weight excluding hydrogens is 481 g/mol. The summed E-state index contributed by atoms with van der Waals surface area (Å²) in [5, 5.41) is 6.72. The maximum Gasteiger partial charge on any atom is 0.191 e. The summed E-state index contributed by atoms with van der Waals surface area (Å²) in [6.07, 6.45) is 1.77. The van der Waals surface area contributed by atoms with Crippen LogP contribution in [-0.2, 0) is 17.9 Å². The number of hydrogen-bond acceptors (Lipinski definition) is 5. The van der Waals surface area contributed by atoms with Crippen LogP contribution in [0.5, 0.6) is 5.75 Å². The van der Waals surface area contributed by atoms with E-state index in [-0.39, 0.29) is 24.0 Å². The average Bonchev–Trinajstić information content (AvgIpc) is 2.76. The van der Waals surface area contributed by atoms with E-state index in [9.17, 15) is 0 Å². The number of halogens is 1. The Morgan fingerprint density at radius 3 is 2.79 bits per heavy atom. The van der Waals surface area contributed by atoms with Gasteiger partial charge in [-0.05, 0) is 29.8 Å². The number of nitrogens with one attached hydrogen (secondary N) is 2. The number of benzene rings is 1. The normalized spacial score (nSPS) is 14.7. The number of ether oxygens (including phenoxy) is 2. The van der Waals surface area contributed by atoms with Gasteiger partial charge in [0.25, 0.3) is 0 Å². The first-order valence-corrected chi connectivity index (χ1v) is 9.70. The van der Waals surface area contributed by atoms with Crippen molar-refractivity contribution in [3.63, 3.8) is 0 Å². The van der Waals surface area contributed by atoms with Crippen LogP contribution in [-0.4, -0.2) is 62.3 Å². The Morgan fingerprint density at radius 2 is 2.03 bits per heavy atom. The Labute approximate surface area is 189 Å². The van der Waals surface area contributed by atoms with Gasteiger partial charge in [-0.2, -0.15) is 0 Å². The van der Waals surface area contributed by atoms with E-state index in [1.54, 1.807) is 13.2 Å². The van der Waals surface area contributed by atoms with Crippen LogP contribution in [0.15, 0.2) is 53.7 Å². The smallest absolute Gasteiger partial charge is 0.191 e. The molecule has 0 spiro atoms. The van der Waals surface area contributed by atoms with E-state index >= 15 is 0 Å². The van der Waals surface area contributed by atoms with Crippen LogP contribution in [0.1, 0.15) is 11.3 Å². The lowest BCUT2D eigenvalue weighted by molar-refractivity contribution is 0.0389. The van der Waals surface area contributed by atoms with Crippen molar-refractivity contribution in [2.45, 2.75) is 13.2 Å². The monoisotopic (exact) mass is 511 g/mol. The summed E-state index contributed by atoms with van der Waals surface area (Å²) < 4.78 is 11.2. The lowest BCUT2D eigenvalue weighted by Crippen LogP contribution is -2.44. The Bertz CT molecular complexity index is 739. The first-order valence-electron chi connectivity index (χ1n) is 9.70. The maximum atomic E-state index is 5.85. The molecule has 0 aliphatic carbocycles.